The Kier molecular flexibility index (Phi) is 6.22. The molecule has 1 atom stereocenters. The molecule has 0 amide bonds. The Balaban J connectivity index is 1.68. The summed E-state index contributed by atoms with van der Waals surface area (Å²) >= 11 is 3.47. The molecule has 0 aliphatic heterocycles. The monoisotopic (exact) mass is 416 g/mol. The summed E-state index contributed by atoms with van der Waals surface area (Å²) in [5, 5.41) is 0. The van der Waals surface area contributed by atoms with Crippen LogP contribution in [-0.4, -0.2) is 15.2 Å². The molecule has 0 fully saturated rings. The number of hydrogen-bond donors (Lipinski definition) is 0. The SMILES string of the molecule is CC(CCc1ccc(Br)cc1)(Cn1ccnc1)OCc1ccc(F)cc1. The van der Waals surface area contributed by atoms with E-state index in [9.17, 15) is 4.39 Å². The molecule has 0 aliphatic rings. The predicted molar refractivity (Wildman–Crippen MR) is 104 cm³/mol. The van der Waals surface area contributed by atoms with Crippen molar-refractivity contribution >= 4 is 15.9 Å². The molecule has 2 aromatic carbocycles. The normalized spacial score (nSPS) is 13.5. The van der Waals surface area contributed by atoms with Crippen LogP contribution >= 0.6 is 15.9 Å². The van der Waals surface area contributed by atoms with Gasteiger partial charge in [-0.3, -0.25) is 0 Å². The van der Waals surface area contributed by atoms with E-state index < -0.39 is 0 Å². The summed E-state index contributed by atoms with van der Waals surface area (Å²) in [6.45, 7) is 3.28. The molecule has 0 saturated carbocycles. The molecule has 0 aliphatic carbocycles. The molecule has 3 aromatic rings. The molecule has 136 valence electrons. The molecule has 1 heterocycles. The Hall–Kier alpha value is -1.98. The number of nitrogens with zero attached hydrogens (tertiary/aromatic N) is 2. The van der Waals surface area contributed by atoms with E-state index in [0.29, 0.717) is 13.2 Å². The van der Waals surface area contributed by atoms with Crippen LogP contribution in [0.3, 0.4) is 0 Å². The van der Waals surface area contributed by atoms with Gasteiger partial charge in [0.2, 0.25) is 0 Å². The number of benzene rings is 2. The third kappa shape index (κ3) is 5.51. The van der Waals surface area contributed by atoms with Crippen LogP contribution in [-0.2, 0) is 24.3 Å². The summed E-state index contributed by atoms with van der Waals surface area (Å²) in [5.41, 5.74) is 1.88. The topological polar surface area (TPSA) is 27.1 Å². The third-order valence-corrected chi connectivity index (χ3v) is 4.96. The second kappa shape index (κ2) is 8.60. The number of ether oxygens (including phenoxy) is 1. The number of halogens is 2. The number of imidazole rings is 1. The van der Waals surface area contributed by atoms with E-state index in [1.807, 2.05) is 10.8 Å². The highest BCUT2D eigenvalue weighted by Gasteiger charge is 2.26. The van der Waals surface area contributed by atoms with Crippen LogP contribution in [0, 0.1) is 5.82 Å². The lowest BCUT2D eigenvalue weighted by molar-refractivity contribution is -0.0602. The van der Waals surface area contributed by atoms with Crippen molar-refractivity contribution in [3.63, 3.8) is 0 Å². The lowest BCUT2D eigenvalue weighted by Gasteiger charge is -2.30. The van der Waals surface area contributed by atoms with Crippen LogP contribution in [0.4, 0.5) is 4.39 Å². The molecule has 3 nitrogen and oxygen atoms in total. The average Bonchev–Trinajstić information content (AvgIpc) is 3.14. The van der Waals surface area contributed by atoms with Gasteiger partial charge in [0.1, 0.15) is 5.82 Å². The summed E-state index contributed by atoms with van der Waals surface area (Å²) in [6, 6.07) is 14.8. The first kappa shape index (κ1) is 18.8. The number of hydrogen-bond acceptors (Lipinski definition) is 2. The quantitative estimate of drug-likeness (QED) is 0.491. The van der Waals surface area contributed by atoms with Crippen LogP contribution in [0.5, 0.6) is 0 Å². The molecule has 1 aromatic heterocycles. The largest absolute Gasteiger partial charge is 0.369 e. The van der Waals surface area contributed by atoms with E-state index in [1.54, 1.807) is 24.7 Å². The highest BCUT2D eigenvalue weighted by molar-refractivity contribution is 9.10. The Morgan fingerprint density at radius 1 is 1.08 bits per heavy atom. The zero-order valence-corrected chi connectivity index (χ0v) is 16.3. The standard InChI is InChI=1S/C21H22BrFN2O/c1-21(15-25-13-12-24-16-25,11-10-17-2-6-19(22)7-3-17)26-14-18-4-8-20(23)9-5-18/h2-9,12-13,16H,10-11,14-15H2,1H3. The molecule has 0 saturated heterocycles. The maximum Gasteiger partial charge on any atom is 0.123 e. The molecule has 3 rings (SSSR count). The molecule has 0 bridgehead atoms. The van der Waals surface area contributed by atoms with Gasteiger partial charge < -0.3 is 9.30 Å². The van der Waals surface area contributed by atoms with Crippen molar-refractivity contribution in [2.45, 2.75) is 38.5 Å². The zero-order chi connectivity index (χ0) is 18.4. The second-order valence-corrected chi connectivity index (χ2v) is 7.64. The third-order valence-electron chi connectivity index (χ3n) is 4.43. The van der Waals surface area contributed by atoms with E-state index in [1.165, 1.54) is 17.7 Å². The zero-order valence-electron chi connectivity index (χ0n) is 14.7. The molecule has 5 heteroatoms. The van der Waals surface area contributed by atoms with Crippen molar-refractivity contribution in [2.24, 2.45) is 0 Å². The van der Waals surface area contributed by atoms with E-state index >= 15 is 0 Å². The highest BCUT2D eigenvalue weighted by Crippen LogP contribution is 2.24. The summed E-state index contributed by atoms with van der Waals surface area (Å²) < 4.78 is 22.5. The van der Waals surface area contributed by atoms with E-state index in [-0.39, 0.29) is 11.4 Å². The van der Waals surface area contributed by atoms with Crippen molar-refractivity contribution in [3.05, 3.63) is 88.7 Å². The van der Waals surface area contributed by atoms with Crippen LogP contribution in [0.15, 0.2) is 71.7 Å². The molecular weight excluding hydrogens is 395 g/mol. The van der Waals surface area contributed by atoms with Crippen LogP contribution < -0.4 is 0 Å². The van der Waals surface area contributed by atoms with Crippen LogP contribution in [0.25, 0.3) is 0 Å². The van der Waals surface area contributed by atoms with Crippen molar-refractivity contribution in [1.82, 2.24) is 9.55 Å². The Morgan fingerprint density at radius 2 is 1.77 bits per heavy atom. The number of rotatable bonds is 8. The minimum absolute atomic E-state index is 0.231. The summed E-state index contributed by atoms with van der Waals surface area (Å²) in [4.78, 5) is 4.12. The molecule has 26 heavy (non-hydrogen) atoms. The average molecular weight is 417 g/mol. The maximum atomic E-state index is 13.1. The van der Waals surface area contributed by atoms with Gasteiger partial charge in [-0.15, -0.1) is 0 Å². The Labute approximate surface area is 162 Å². The lowest BCUT2D eigenvalue weighted by Crippen LogP contribution is -2.34. The predicted octanol–water partition coefficient (Wildman–Crippen LogP) is 5.39. The van der Waals surface area contributed by atoms with Gasteiger partial charge in [-0.05, 0) is 55.2 Å². The van der Waals surface area contributed by atoms with Gasteiger partial charge in [-0.25, -0.2) is 9.37 Å². The van der Waals surface area contributed by atoms with Crippen LogP contribution in [0.1, 0.15) is 24.5 Å². The van der Waals surface area contributed by atoms with E-state index in [2.05, 4.69) is 52.1 Å². The molecule has 0 N–H and O–H groups in total. The van der Waals surface area contributed by atoms with Crippen molar-refractivity contribution < 1.29 is 9.13 Å². The van der Waals surface area contributed by atoms with Crippen molar-refractivity contribution in [2.75, 3.05) is 0 Å². The van der Waals surface area contributed by atoms with Crippen molar-refractivity contribution in [1.29, 1.82) is 0 Å². The van der Waals surface area contributed by atoms with Gasteiger partial charge in [0.15, 0.2) is 0 Å². The molecule has 1 unspecified atom stereocenters. The Bertz CT molecular complexity index is 752. The van der Waals surface area contributed by atoms with E-state index in [4.69, 9.17) is 4.74 Å². The summed E-state index contributed by atoms with van der Waals surface area (Å²) in [7, 11) is 0. The van der Waals surface area contributed by atoms with Gasteiger partial charge in [0.05, 0.1) is 25.1 Å². The summed E-state index contributed by atoms with van der Waals surface area (Å²) in [6.07, 6.45) is 7.31. The lowest BCUT2D eigenvalue weighted by atomic mass is 9.96. The summed E-state index contributed by atoms with van der Waals surface area (Å²) in [5.74, 6) is -0.231. The first-order chi connectivity index (χ1) is 12.5. The fourth-order valence-electron chi connectivity index (χ4n) is 2.86. The first-order valence-corrected chi connectivity index (χ1v) is 9.40. The number of aromatic nitrogens is 2. The van der Waals surface area contributed by atoms with Gasteiger partial charge in [-0.1, -0.05) is 40.2 Å². The van der Waals surface area contributed by atoms with Gasteiger partial charge in [-0.2, -0.15) is 0 Å². The minimum Gasteiger partial charge on any atom is -0.369 e. The van der Waals surface area contributed by atoms with Crippen molar-refractivity contribution in [3.8, 4) is 0 Å². The Morgan fingerprint density at radius 3 is 2.42 bits per heavy atom. The fraction of sp³-hybridized carbons (Fsp3) is 0.286. The van der Waals surface area contributed by atoms with Gasteiger partial charge in [0.25, 0.3) is 0 Å². The fourth-order valence-corrected chi connectivity index (χ4v) is 3.13. The maximum absolute atomic E-state index is 13.1. The van der Waals surface area contributed by atoms with Gasteiger partial charge >= 0.3 is 0 Å². The first-order valence-electron chi connectivity index (χ1n) is 8.61. The minimum atomic E-state index is -0.359. The molecule has 0 spiro atoms. The van der Waals surface area contributed by atoms with Gasteiger partial charge in [0, 0.05) is 16.9 Å². The van der Waals surface area contributed by atoms with Crippen LogP contribution in [0.2, 0.25) is 0 Å². The number of aryl methyl sites for hydroxylation is 1. The second-order valence-electron chi connectivity index (χ2n) is 6.73. The van der Waals surface area contributed by atoms with E-state index in [0.717, 1.165) is 22.9 Å². The molecular formula is C21H22BrFN2O. The smallest absolute Gasteiger partial charge is 0.123 e. The molecule has 0 radical (unpaired) electrons. The highest BCUT2D eigenvalue weighted by atomic mass is 79.9.